The van der Waals surface area contributed by atoms with Crippen LogP contribution >= 0.6 is 0 Å². The number of benzene rings is 1. The molecule has 4 aliphatic rings. The van der Waals surface area contributed by atoms with Gasteiger partial charge in [0.25, 0.3) is 0 Å². The van der Waals surface area contributed by atoms with Crippen LogP contribution in [0.2, 0.25) is 0 Å². The number of carboxylic acids is 1. The average molecular weight is 431 g/mol. The Labute approximate surface area is 183 Å². The normalized spacial score (nSPS) is 37.6. The lowest BCUT2D eigenvalue weighted by molar-refractivity contribution is -0.204. The Morgan fingerprint density at radius 1 is 1.42 bits per heavy atom. The van der Waals surface area contributed by atoms with E-state index in [-0.39, 0.29) is 29.9 Å². The highest BCUT2D eigenvalue weighted by atomic mass is 16.5. The van der Waals surface area contributed by atoms with Gasteiger partial charge in [0.15, 0.2) is 11.5 Å². The highest BCUT2D eigenvalue weighted by Crippen LogP contribution is 2.66. The number of carboxylic acid groups (broad SMARTS) is 1. The van der Waals surface area contributed by atoms with Gasteiger partial charge < -0.3 is 24.6 Å². The van der Waals surface area contributed by atoms with E-state index in [2.05, 4.69) is 17.3 Å². The molecular formula is C24H34N2O5. The first-order chi connectivity index (χ1) is 14.8. The number of ether oxygens (including phenoxy) is 2. The van der Waals surface area contributed by atoms with E-state index in [1.54, 1.807) is 6.07 Å². The van der Waals surface area contributed by atoms with Crippen molar-refractivity contribution in [1.29, 1.82) is 0 Å². The predicted octanol–water partition coefficient (Wildman–Crippen LogP) is 2.29. The summed E-state index contributed by atoms with van der Waals surface area (Å²) in [5.74, 6) is -0.0655. The fourth-order valence-corrected chi connectivity index (χ4v) is 7.26. The number of aromatic hydroxyl groups is 1. The quantitative estimate of drug-likeness (QED) is 0.638. The van der Waals surface area contributed by atoms with E-state index in [1.807, 2.05) is 27.0 Å². The summed E-state index contributed by atoms with van der Waals surface area (Å²) in [6, 6.07) is 3.24. The summed E-state index contributed by atoms with van der Waals surface area (Å²) in [6.45, 7) is 4.92. The van der Waals surface area contributed by atoms with Crippen molar-refractivity contribution in [3.8, 4) is 11.5 Å². The summed E-state index contributed by atoms with van der Waals surface area (Å²) >= 11 is 0. The largest absolute Gasteiger partial charge is 0.504 e. The number of nitrogens with one attached hydrogen (secondary N) is 1. The van der Waals surface area contributed by atoms with Gasteiger partial charge in [-0.15, -0.1) is 0 Å². The Morgan fingerprint density at radius 2 is 2.19 bits per heavy atom. The van der Waals surface area contributed by atoms with Crippen LogP contribution in [0.3, 0.4) is 0 Å². The Hall–Kier alpha value is -1.83. The lowest BCUT2D eigenvalue weighted by Gasteiger charge is -2.65. The number of likely N-dealkylation sites (N-methyl/N-ethyl adjacent to an activating group) is 1. The van der Waals surface area contributed by atoms with Gasteiger partial charge in [0.1, 0.15) is 12.1 Å². The molecule has 2 aliphatic carbocycles. The zero-order valence-corrected chi connectivity index (χ0v) is 18.9. The standard InChI is InChI=1S/C24H34N2O5/c1-5-13(2)19(22(28)29)25-15-8-9-24(30-4)17-12-14-6-7-16(27)20-18(14)23(24,21(15)31-20)10-11-26(17)3/h6-7,13,15,17,19,21,25,27H,5,8-12H2,1-4H3,(H,28,29)/t13-,15+,17?,19-,21-,23-,24+/m0/s1. The van der Waals surface area contributed by atoms with Crippen molar-refractivity contribution < 1.29 is 24.5 Å². The number of likely N-dealkylation sites (tertiary alicyclic amines) is 1. The molecule has 7 atom stereocenters. The third-order valence-corrected chi connectivity index (χ3v) is 8.93. The molecule has 2 bridgehead atoms. The smallest absolute Gasteiger partial charge is 0.320 e. The van der Waals surface area contributed by atoms with Gasteiger partial charge in [-0.05, 0) is 56.8 Å². The molecule has 1 saturated heterocycles. The molecule has 170 valence electrons. The van der Waals surface area contributed by atoms with Gasteiger partial charge in [-0.2, -0.15) is 0 Å². The van der Waals surface area contributed by atoms with E-state index in [0.29, 0.717) is 5.75 Å². The van der Waals surface area contributed by atoms with Crippen molar-refractivity contribution in [1.82, 2.24) is 10.2 Å². The molecule has 1 saturated carbocycles. The van der Waals surface area contributed by atoms with Crippen molar-refractivity contribution in [2.45, 2.75) is 81.2 Å². The van der Waals surface area contributed by atoms with Crippen LogP contribution in [0, 0.1) is 5.92 Å². The molecule has 7 heteroatoms. The molecular weight excluding hydrogens is 396 g/mol. The van der Waals surface area contributed by atoms with Crippen molar-refractivity contribution in [2.24, 2.45) is 5.92 Å². The fourth-order valence-electron chi connectivity index (χ4n) is 7.26. The van der Waals surface area contributed by atoms with Gasteiger partial charge in [0.2, 0.25) is 0 Å². The first kappa shape index (κ1) is 21.0. The second-order valence-electron chi connectivity index (χ2n) is 10.0. The monoisotopic (exact) mass is 430 g/mol. The van der Waals surface area contributed by atoms with Gasteiger partial charge in [-0.25, -0.2) is 0 Å². The molecule has 7 nitrogen and oxygen atoms in total. The maximum atomic E-state index is 12.1. The van der Waals surface area contributed by atoms with Crippen LogP contribution in [0.5, 0.6) is 11.5 Å². The van der Waals surface area contributed by atoms with Gasteiger partial charge >= 0.3 is 5.97 Å². The summed E-state index contributed by atoms with van der Waals surface area (Å²) in [4.78, 5) is 14.5. The minimum Gasteiger partial charge on any atom is -0.504 e. The molecule has 0 amide bonds. The maximum absolute atomic E-state index is 12.1. The molecule has 1 unspecified atom stereocenters. The van der Waals surface area contributed by atoms with Crippen molar-refractivity contribution >= 4 is 5.97 Å². The minimum absolute atomic E-state index is 0.00782. The van der Waals surface area contributed by atoms with Gasteiger partial charge in [-0.3, -0.25) is 10.1 Å². The first-order valence-corrected chi connectivity index (χ1v) is 11.6. The second-order valence-corrected chi connectivity index (χ2v) is 10.0. The number of piperidine rings is 1. The average Bonchev–Trinajstić information content (AvgIpc) is 3.12. The zero-order chi connectivity index (χ0) is 22.1. The number of hydrogen-bond acceptors (Lipinski definition) is 6. The summed E-state index contributed by atoms with van der Waals surface area (Å²) in [7, 11) is 3.98. The zero-order valence-electron chi connectivity index (χ0n) is 18.9. The van der Waals surface area contributed by atoms with E-state index in [0.717, 1.165) is 44.2 Å². The van der Waals surface area contributed by atoms with Crippen LogP contribution in [0.1, 0.15) is 50.7 Å². The first-order valence-electron chi connectivity index (χ1n) is 11.6. The number of phenols is 1. The minimum atomic E-state index is -0.820. The SMILES string of the molecule is CC[C@H](C)[C@H](N[C@@H]1CC[C@@]2(OC)C3Cc4ccc(O)c5c4[C@@]2(CCN3C)[C@H]1O5)C(=O)O. The van der Waals surface area contributed by atoms with E-state index < -0.39 is 23.0 Å². The van der Waals surface area contributed by atoms with Crippen LogP contribution in [-0.2, 0) is 21.4 Å². The summed E-state index contributed by atoms with van der Waals surface area (Å²) < 4.78 is 13.0. The van der Waals surface area contributed by atoms with Crippen LogP contribution in [0.15, 0.2) is 12.1 Å². The highest BCUT2D eigenvalue weighted by molar-refractivity contribution is 5.74. The topological polar surface area (TPSA) is 91.3 Å². The van der Waals surface area contributed by atoms with Crippen LogP contribution < -0.4 is 10.1 Å². The molecule has 1 aromatic rings. The van der Waals surface area contributed by atoms with Gasteiger partial charge in [0.05, 0.1) is 11.0 Å². The van der Waals surface area contributed by atoms with Crippen molar-refractivity contribution in [3.05, 3.63) is 23.3 Å². The molecule has 0 aromatic heterocycles. The summed E-state index contributed by atoms with van der Waals surface area (Å²) in [5, 5.41) is 24.1. The fraction of sp³-hybridized carbons (Fsp3) is 0.708. The van der Waals surface area contributed by atoms with Crippen molar-refractivity contribution in [3.63, 3.8) is 0 Å². The molecule has 31 heavy (non-hydrogen) atoms. The summed E-state index contributed by atoms with van der Waals surface area (Å²) in [5.41, 5.74) is 1.52. The molecule has 3 N–H and O–H groups in total. The van der Waals surface area contributed by atoms with E-state index in [1.165, 1.54) is 5.56 Å². The molecule has 2 fully saturated rings. The number of hydrogen-bond donors (Lipinski definition) is 3. The van der Waals surface area contributed by atoms with Gasteiger partial charge in [0, 0.05) is 24.8 Å². The number of methoxy groups -OCH3 is 1. The Balaban J connectivity index is 1.64. The van der Waals surface area contributed by atoms with E-state index >= 15 is 0 Å². The number of carbonyl (C=O) groups is 1. The number of phenolic OH excluding ortho intramolecular Hbond substituents is 1. The van der Waals surface area contributed by atoms with Crippen molar-refractivity contribution in [2.75, 3.05) is 20.7 Å². The third-order valence-electron chi connectivity index (χ3n) is 8.93. The van der Waals surface area contributed by atoms with Crippen LogP contribution in [-0.4, -0.2) is 71.6 Å². The Morgan fingerprint density at radius 3 is 2.87 bits per heavy atom. The van der Waals surface area contributed by atoms with E-state index in [4.69, 9.17) is 9.47 Å². The van der Waals surface area contributed by atoms with Gasteiger partial charge in [-0.1, -0.05) is 26.3 Å². The molecule has 1 aromatic carbocycles. The lowest BCUT2D eigenvalue weighted by atomic mass is 9.48. The van der Waals surface area contributed by atoms with E-state index in [9.17, 15) is 15.0 Å². The lowest BCUT2D eigenvalue weighted by Crippen LogP contribution is -2.78. The summed E-state index contributed by atoms with van der Waals surface area (Å²) in [6.07, 6.45) is 3.85. The number of aliphatic carboxylic acids is 1. The maximum Gasteiger partial charge on any atom is 0.320 e. The second kappa shape index (κ2) is 7.09. The Bertz CT molecular complexity index is 906. The predicted molar refractivity (Wildman–Crippen MR) is 116 cm³/mol. The van der Waals surface area contributed by atoms with Crippen LogP contribution in [0.4, 0.5) is 0 Å². The molecule has 2 heterocycles. The molecule has 2 aliphatic heterocycles. The molecule has 1 spiro atoms. The third kappa shape index (κ3) is 2.54. The van der Waals surface area contributed by atoms with Crippen LogP contribution in [0.25, 0.3) is 0 Å². The number of nitrogens with zero attached hydrogens (tertiary/aromatic N) is 1. The Kier molecular flexibility index (Phi) is 4.81. The number of rotatable bonds is 6. The molecule has 0 radical (unpaired) electrons. The molecule has 5 rings (SSSR count). The highest BCUT2D eigenvalue weighted by Gasteiger charge is 2.73.